The number of nitrogens with two attached hydrogens (primary N) is 1. The molecule has 2 aromatic rings. The van der Waals surface area contributed by atoms with Crippen molar-refractivity contribution in [2.45, 2.75) is 6.92 Å². The molecule has 0 aliphatic rings. The molecule has 5 heteroatoms. The summed E-state index contributed by atoms with van der Waals surface area (Å²) in [5, 5.41) is -0.0510. The fourth-order valence-corrected chi connectivity index (χ4v) is 1.60. The molecule has 0 spiro atoms. The maximum Gasteiger partial charge on any atom is 0.150 e. The summed E-state index contributed by atoms with van der Waals surface area (Å²) in [6.45, 7) is 1.60. The van der Waals surface area contributed by atoms with Crippen molar-refractivity contribution >= 4 is 17.3 Å². The summed E-state index contributed by atoms with van der Waals surface area (Å²) >= 11 is 5.63. The van der Waals surface area contributed by atoms with Gasteiger partial charge in [-0.3, -0.25) is 0 Å². The maximum absolute atomic E-state index is 13.2. The van der Waals surface area contributed by atoms with Gasteiger partial charge in [-0.25, -0.2) is 8.78 Å². The van der Waals surface area contributed by atoms with Crippen LogP contribution in [0, 0.1) is 18.6 Å². The summed E-state index contributed by atoms with van der Waals surface area (Å²) in [7, 11) is 0. The quantitative estimate of drug-likeness (QED) is 0.825. The van der Waals surface area contributed by atoms with Gasteiger partial charge in [0.1, 0.15) is 17.4 Å². The van der Waals surface area contributed by atoms with E-state index in [0.29, 0.717) is 17.1 Å². The summed E-state index contributed by atoms with van der Waals surface area (Å²) in [6.07, 6.45) is 0. The van der Waals surface area contributed by atoms with Gasteiger partial charge in [-0.2, -0.15) is 0 Å². The van der Waals surface area contributed by atoms with Gasteiger partial charge in [0.05, 0.1) is 10.7 Å². The zero-order valence-corrected chi connectivity index (χ0v) is 10.3. The molecule has 0 radical (unpaired) electrons. The average molecular weight is 270 g/mol. The Morgan fingerprint density at radius 2 is 1.83 bits per heavy atom. The molecular formula is C13H10ClF2NO. The molecule has 0 bridgehead atoms. The molecule has 0 saturated carbocycles. The summed E-state index contributed by atoms with van der Waals surface area (Å²) in [5.41, 5.74) is 6.21. The Labute approximate surface area is 108 Å². The highest BCUT2D eigenvalue weighted by molar-refractivity contribution is 6.30. The molecule has 94 valence electrons. The van der Waals surface area contributed by atoms with Crippen LogP contribution < -0.4 is 10.5 Å². The van der Waals surface area contributed by atoms with Gasteiger partial charge in [0.25, 0.3) is 0 Å². The molecule has 0 aromatic heterocycles. The van der Waals surface area contributed by atoms with Crippen molar-refractivity contribution in [1.29, 1.82) is 0 Å². The van der Waals surface area contributed by atoms with E-state index in [-0.39, 0.29) is 10.7 Å². The first kappa shape index (κ1) is 12.6. The fourth-order valence-electron chi connectivity index (χ4n) is 1.43. The first-order valence-electron chi connectivity index (χ1n) is 5.16. The Balaban J connectivity index is 2.34. The fraction of sp³-hybridized carbons (Fsp3) is 0.0769. The predicted octanol–water partition coefficient (Wildman–Crippen LogP) is 4.30. The third kappa shape index (κ3) is 2.54. The van der Waals surface area contributed by atoms with E-state index in [4.69, 9.17) is 22.1 Å². The van der Waals surface area contributed by atoms with Gasteiger partial charge >= 0.3 is 0 Å². The molecule has 2 aromatic carbocycles. The Bertz CT molecular complexity index is 602. The minimum atomic E-state index is -0.535. The van der Waals surface area contributed by atoms with E-state index in [1.165, 1.54) is 30.3 Å². The molecule has 2 nitrogen and oxygen atoms in total. The number of anilines is 1. The number of rotatable bonds is 2. The zero-order valence-electron chi connectivity index (χ0n) is 9.51. The molecule has 0 aliphatic carbocycles. The smallest absolute Gasteiger partial charge is 0.150 e. The molecule has 0 amide bonds. The predicted molar refractivity (Wildman–Crippen MR) is 67.0 cm³/mol. The zero-order chi connectivity index (χ0) is 13.3. The van der Waals surface area contributed by atoms with Gasteiger partial charge < -0.3 is 10.5 Å². The Morgan fingerprint density at radius 1 is 1.11 bits per heavy atom. The van der Waals surface area contributed by atoms with Crippen molar-refractivity contribution in [3.05, 3.63) is 52.6 Å². The Hall–Kier alpha value is -1.81. The van der Waals surface area contributed by atoms with Crippen LogP contribution in [0.25, 0.3) is 0 Å². The average Bonchev–Trinajstić information content (AvgIpc) is 2.31. The Morgan fingerprint density at radius 3 is 2.50 bits per heavy atom. The highest BCUT2D eigenvalue weighted by Crippen LogP contribution is 2.31. The molecule has 0 heterocycles. The van der Waals surface area contributed by atoms with Gasteiger partial charge in [0.2, 0.25) is 0 Å². The van der Waals surface area contributed by atoms with E-state index < -0.39 is 11.6 Å². The number of halogens is 3. The number of nitrogen functional groups attached to an aromatic ring is 1. The lowest BCUT2D eigenvalue weighted by molar-refractivity contribution is 0.480. The number of aryl methyl sites for hydroxylation is 1. The maximum atomic E-state index is 13.2. The molecule has 0 atom stereocenters. The standard InChI is InChI=1S/C13H10ClF2NO/c1-7-4-13(12(17)6-11(7)16)18-8-2-3-10(15)9(14)5-8/h2-6H,17H2,1H3. The summed E-state index contributed by atoms with van der Waals surface area (Å²) in [4.78, 5) is 0. The van der Waals surface area contributed by atoms with Crippen LogP contribution in [0.1, 0.15) is 5.56 Å². The molecule has 2 rings (SSSR count). The lowest BCUT2D eigenvalue weighted by atomic mass is 10.2. The largest absolute Gasteiger partial charge is 0.455 e. The monoisotopic (exact) mass is 269 g/mol. The molecule has 2 N–H and O–H groups in total. The van der Waals surface area contributed by atoms with Crippen molar-refractivity contribution in [3.63, 3.8) is 0 Å². The minimum Gasteiger partial charge on any atom is -0.455 e. The van der Waals surface area contributed by atoms with Crippen molar-refractivity contribution in [3.8, 4) is 11.5 Å². The molecule has 0 fully saturated rings. The highest BCUT2D eigenvalue weighted by Gasteiger charge is 2.08. The molecular weight excluding hydrogens is 260 g/mol. The number of benzene rings is 2. The van der Waals surface area contributed by atoms with Crippen LogP contribution in [0.5, 0.6) is 11.5 Å². The number of ether oxygens (including phenoxy) is 1. The van der Waals surface area contributed by atoms with E-state index in [2.05, 4.69) is 0 Å². The molecule has 0 aliphatic heterocycles. The second-order valence-corrected chi connectivity index (χ2v) is 4.22. The van der Waals surface area contributed by atoms with Crippen molar-refractivity contribution in [2.75, 3.05) is 5.73 Å². The van der Waals surface area contributed by atoms with E-state index in [1.807, 2.05) is 0 Å². The molecule has 0 unspecified atom stereocenters. The van der Waals surface area contributed by atoms with Crippen molar-refractivity contribution < 1.29 is 13.5 Å². The second kappa shape index (κ2) is 4.82. The van der Waals surface area contributed by atoms with Gasteiger partial charge in [-0.15, -0.1) is 0 Å². The summed E-state index contributed by atoms with van der Waals surface area (Å²) < 4.78 is 31.6. The number of hydrogen-bond donors (Lipinski definition) is 1. The van der Waals surface area contributed by atoms with Crippen LogP contribution in [0.15, 0.2) is 30.3 Å². The second-order valence-electron chi connectivity index (χ2n) is 3.82. The van der Waals surface area contributed by atoms with Crippen LogP contribution in [0.4, 0.5) is 14.5 Å². The van der Waals surface area contributed by atoms with E-state index >= 15 is 0 Å². The summed E-state index contributed by atoms with van der Waals surface area (Å²) in [5.74, 6) is -0.306. The topological polar surface area (TPSA) is 35.2 Å². The van der Waals surface area contributed by atoms with Crippen LogP contribution in [0.2, 0.25) is 5.02 Å². The molecule has 18 heavy (non-hydrogen) atoms. The first-order chi connectivity index (χ1) is 8.47. The lowest BCUT2D eigenvalue weighted by Gasteiger charge is -2.10. The van der Waals surface area contributed by atoms with Gasteiger partial charge in [-0.05, 0) is 30.7 Å². The van der Waals surface area contributed by atoms with Crippen LogP contribution in [-0.4, -0.2) is 0 Å². The van der Waals surface area contributed by atoms with Crippen molar-refractivity contribution in [1.82, 2.24) is 0 Å². The van der Waals surface area contributed by atoms with Crippen LogP contribution in [0.3, 0.4) is 0 Å². The number of hydrogen-bond acceptors (Lipinski definition) is 2. The SMILES string of the molecule is Cc1cc(Oc2ccc(F)c(Cl)c2)c(N)cc1F. The third-order valence-corrected chi connectivity index (χ3v) is 2.70. The van der Waals surface area contributed by atoms with Gasteiger partial charge in [0.15, 0.2) is 5.75 Å². The minimum absolute atomic E-state index is 0.0510. The van der Waals surface area contributed by atoms with Gasteiger partial charge in [0, 0.05) is 12.1 Å². The Kier molecular flexibility index (Phi) is 3.39. The van der Waals surface area contributed by atoms with Crippen molar-refractivity contribution in [2.24, 2.45) is 0 Å². The van der Waals surface area contributed by atoms with Gasteiger partial charge in [-0.1, -0.05) is 11.6 Å². The molecule has 0 saturated heterocycles. The van der Waals surface area contributed by atoms with Crippen LogP contribution >= 0.6 is 11.6 Å². The highest BCUT2D eigenvalue weighted by atomic mass is 35.5. The van der Waals surface area contributed by atoms with E-state index in [0.717, 1.165) is 0 Å². The van der Waals surface area contributed by atoms with E-state index in [1.54, 1.807) is 6.92 Å². The first-order valence-corrected chi connectivity index (χ1v) is 5.53. The third-order valence-electron chi connectivity index (χ3n) is 2.41. The van der Waals surface area contributed by atoms with Crippen LogP contribution in [-0.2, 0) is 0 Å². The van der Waals surface area contributed by atoms with E-state index in [9.17, 15) is 8.78 Å². The lowest BCUT2D eigenvalue weighted by Crippen LogP contribution is -1.95. The normalized spacial score (nSPS) is 10.4. The summed E-state index contributed by atoms with van der Waals surface area (Å²) in [6, 6.07) is 6.58.